The largest absolute Gasteiger partial charge is 0.301 e. The average molecular weight is 845 g/mol. The molecule has 4 nitrogen and oxygen atoms in total. The zero-order chi connectivity index (χ0) is 37.9. The summed E-state index contributed by atoms with van der Waals surface area (Å²) in [6.07, 6.45) is 13.2. The van der Waals surface area contributed by atoms with Gasteiger partial charge in [0.2, 0.25) is 0 Å². The maximum atomic E-state index is 6.56. The molecule has 10 heteroatoms. The third kappa shape index (κ3) is 12.0. The van der Waals surface area contributed by atoms with Crippen molar-refractivity contribution < 1.29 is 0 Å². The Bertz CT molecular complexity index is 1660. The third-order valence-electron chi connectivity index (χ3n) is 10.7. The molecule has 2 heterocycles. The first kappa shape index (κ1) is 42.2. The normalized spacial score (nSPS) is 17.4. The molecule has 2 atom stereocenters. The fourth-order valence-electron chi connectivity index (χ4n) is 7.87. The van der Waals surface area contributed by atoms with Crippen LogP contribution in [0, 0.1) is 0 Å². The second-order valence-corrected chi connectivity index (χ2v) is 18.7. The lowest BCUT2D eigenvalue weighted by Crippen LogP contribution is -2.31. The maximum absolute atomic E-state index is 6.56. The van der Waals surface area contributed by atoms with Gasteiger partial charge in [-0.1, -0.05) is 122 Å². The van der Waals surface area contributed by atoms with Crippen molar-refractivity contribution in [3.05, 3.63) is 126 Å². The number of fused-ring (bicyclic) bond motifs is 2. The summed E-state index contributed by atoms with van der Waals surface area (Å²) in [5.41, 5.74) is 7.53. The summed E-state index contributed by atoms with van der Waals surface area (Å²) in [7, 11) is 4.31. The number of unbranched alkanes of at least 4 members (excludes halogenated alkanes) is 9. The molecule has 290 valence electrons. The first-order chi connectivity index (χ1) is 26.2. The zero-order valence-corrected chi connectivity index (χ0v) is 36.3. The smallest absolute Gasteiger partial charge is 0.0468 e. The van der Waals surface area contributed by atoms with Crippen LogP contribution in [-0.2, 0) is 13.1 Å². The van der Waals surface area contributed by atoms with Gasteiger partial charge in [-0.05, 0) is 133 Å². The molecule has 0 spiro atoms. The molecule has 0 aromatic heterocycles. The van der Waals surface area contributed by atoms with Gasteiger partial charge in [0.25, 0.3) is 0 Å². The quantitative estimate of drug-likeness (QED) is 0.0722. The number of hydrogen-bond donors (Lipinski definition) is 2. The van der Waals surface area contributed by atoms with Crippen LogP contribution in [-0.4, -0.2) is 50.1 Å². The molecule has 4 aromatic rings. The van der Waals surface area contributed by atoms with E-state index in [1.54, 1.807) is 23.9 Å². The van der Waals surface area contributed by atoms with Gasteiger partial charge in [-0.2, -0.15) is 0 Å². The topological polar surface area (TPSA) is 30.5 Å². The number of hydrogen-bond acceptors (Lipinski definition) is 6. The highest BCUT2D eigenvalue weighted by Gasteiger charge is 2.28. The van der Waals surface area contributed by atoms with Crippen molar-refractivity contribution in [2.75, 3.05) is 40.3 Å². The van der Waals surface area contributed by atoms with Crippen LogP contribution in [0.4, 0.5) is 0 Å². The Morgan fingerprint density at radius 1 is 0.519 bits per heavy atom. The molecule has 0 bridgehead atoms. The zero-order valence-electron chi connectivity index (χ0n) is 31.6. The third-order valence-corrected chi connectivity index (χ3v) is 13.6. The molecule has 0 saturated heterocycles. The van der Waals surface area contributed by atoms with E-state index in [9.17, 15) is 0 Å². The minimum absolute atomic E-state index is 0.279. The van der Waals surface area contributed by atoms with E-state index in [2.05, 4.69) is 94.0 Å². The van der Waals surface area contributed by atoms with Gasteiger partial charge < -0.3 is 9.80 Å². The van der Waals surface area contributed by atoms with E-state index in [1.165, 1.54) is 107 Å². The maximum Gasteiger partial charge on any atom is 0.0468 e. The van der Waals surface area contributed by atoms with Crippen LogP contribution in [0.25, 0.3) is 0 Å². The molecule has 0 saturated carbocycles. The highest BCUT2D eigenvalue weighted by molar-refractivity contribution is 7.97. The van der Waals surface area contributed by atoms with Crippen molar-refractivity contribution in [2.24, 2.45) is 0 Å². The molecule has 2 aliphatic heterocycles. The van der Waals surface area contributed by atoms with Crippen LogP contribution in [0.1, 0.15) is 109 Å². The number of nitrogens with zero attached hydrogens (tertiary/aromatic N) is 2. The van der Waals surface area contributed by atoms with E-state index in [-0.39, 0.29) is 11.8 Å². The van der Waals surface area contributed by atoms with Gasteiger partial charge in [0, 0.05) is 81.0 Å². The highest BCUT2D eigenvalue weighted by atomic mass is 35.5. The summed E-state index contributed by atoms with van der Waals surface area (Å²) in [4.78, 5) is 7.18. The Kier molecular flexibility index (Phi) is 16.7. The van der Waals surface area contributed by atoms with E-state index in [4.69, 9.17) is 46.4 Å². The fourth-order valence-corrected chi connectivity index (χ4v) is 10.4. The Hall–Kier alpha value is -1.42. The lowest BCUT2D eigenvalue weighted by Gasteiger charge is -2.33. The first-order valence-corrected chi connectivity index (χ1v) is 22.7. The van der Waals surface area contributed by atoms with Crippen molar-refractivity contribution >= 4 is 70.3 Å². The van der Waals surface area contributed by atoms with E-state index in [0.29, 0.717) is 10.0 Å². The Balaban J connectivity index is 0.759. The van der Waals surface area contributed by atoms with Gasteiger partial charge in [0.1, 0.15) is 0 Å². The van der Waals surface area contributed by atoms with Crippen LogP contribution >= 0.6 is 70.3 Å². The molecule has 0 aliphatic carbocycles. The molecular formula is C44H54Cl4N4S2. The molecular weight excluding hydrogens is 790 g/mol. The van der Waals surface area contributed by atoms with Crippen molar-refractivity contribution in [1.29, 1.82) is 0 Å². The molecule has 6 rings (SSSR count). The Morgan fingerprint density at radius 2 is 0.870 bits per heavy atom. The number of halogens is 4. The standard InChI is InChI=1S/C44H54Cl4N4S2/c1-51-27-39(37-23-33(45)25-43(47)41(37)29-51)31-13-17-35(18-14-31)53-49-21-11-9-7-5-3-4-6-8-10-12-22-50-54-36-19-15-32(16-20-36)40-28-52(2)30-42-38(40)24-34(46)26-44(42)48/h13-20,23-26,39-40,49-50H,3-12,21-22,27-30H2,1-2H3. The lowest BCUT2D eigenvalue weighted by atomic mass is 9.85. The fraction of sp³-hybridized carbons (Fsp3) is 0.455. The van der Waals surface area contributed by atoms with E-state index >= 15 is 0 Å². The highest BCUT2D eigenvalue weighted by Crippen LogP contribution is 2.40. The van der Waals surface area contributed by atoms with Crippen LogP contribution < -0.4 is 9.44 Å². The summed E-state index contributed by atoms with van der Waals surface area (Å²) in [5, 5.41) is 2.96. The summed E-state index contributed by atoms with van der Waals surface area (Å²) in [5.74, 6) is 0.559. The van der Waals surface area contributed by atoms with Gasteiger partial charge in [-0.3, -0.25) is 9.44 Å². The summed E-state index contributed by atoms with van der Waals surface area (Å²) in [6.45, 7) is 5.74. The van der Waals surface area contributed by atoms with Crippen molar-refractivity contribution in [2.45, 2.75) is 98.9 Å². The molecule has 4 aromatic carbocycles. The van der Waals surface area contributed by atoms with Gasteiger partial charge >= 0.3 is 0 Å². The predicted molar refractivity (Wildman–Crippen MR) is 236 cm³/mol. The molecule has 2 unspecified atom stereocenters. The van der Waals surface area contributed by atoms with Gasteiger partial charge in [-0.15, -0.1) is 0 Å². The molecule has 2 aliphatic rings. The number of rotatable bonds is 19. The molecule has 0 radical (unpaired) electrons. The Labute approximate surface area is 352 Å². The predicted octanol–water partition coefficient (Wildman–Crippen LogP) is 13.2. The van der Waals surface area contributed by atoms with E-state index in [1.807, 2.05) is 12.1 Å². The summed E-state index contributed by atoms with van der Waals surface area (Å²) < 4.78 is 7.13. The van der Waals surface area contributed by atoms with E-state index in [0.717, 1.165) is 49.3 Å². The van der Waals surface area contributed by atoms with Crippen molar-refractivity contribution in [3.8, 4) is 0 Å². The van der Waals surface area contributed by atoms with Crippen LogP contribution in [0.2, 0.25) is 20.1 Å². The molecule has 0 fully saturated rings. The van der Waals surface area contributed by atoms with Gasteiger partial charge in [0.15, 0.2) is 0 Å². The summed E-state index contributed by atoms with van der Waals surface area (Å²) >= 11 is 29.4. The molecule has 0 amide bonds. The van der Waals surface area contributed by atoms with Crippen LogP contribution in [0.15, 0.2) is 82.6 Å². The van der Waals surface area contributed by atoms with Crippen molar-refractivity contribution in [1.82, 2.24) is 19.2 Å². The SMILES string of the molecule is CN1Cc2c(Cl)cc(Cl)cc2C(c2ccc(SNCCCCCCCCCCCCNSc3ccc(C4CN(C)Cc5c(Cl)cc(Cl)cc54)cc3)cc2)C1. The average Bonchev–Trinajstić information content (AvgIpc) is 3.15. The second kappa shape index (κ2) is 21.4. The van der Waals surface area contributed by atoms with Crippen molar-refractivity contribution in [3.63, 3.8) is 0 Å². The molecule has 2 N–H and O–H groups in total. The van der Waals surface area contributed by atoms with Gasteiger partial charge in [0.05, 0.1) is 0 Å². The lowest BCUT2D eigenvalue weighted by molar-refractivity contribution is 0.295. The number of benzene rings is 4. The second-order valence-electron chi connectivity index (χ2n) is 15.1. The minimum Gasteiger partial charge on any atom is -0.301 e. The summed E-state index contributed by atoms with van der Waals surface area (Å²) in [6, 6.07) is 25.9. The minimum atomic E-state index is 0.279. The molecule has 54 heavy (non-hydrogen) atoms. The first-order valence-electron chi connectivity index (χ1n) is 19.6. The Morgan fingerprint density at radius 3 is 1.24 bits per heavy atom. The van der Waals surface area contributed by atoms with E-state index < -0.39 is 0 Å². The number of likely N-dealkylation sites (N-methyl/N-ethyl adjacent to an activating group) is 2. The number of nitrogens with one attached hydrogen (secondary N) is 2. The van der Waals surface area contributed by atoms with Crippen LogP contribution in [0.3, 0.4) is 0 Å². The monoisotopic (exact) mass is 842 g/mol. The van der Waals surface area contributed by atoms with Crippen LogP contribution in [0.5, 0.6) is 0 Å². The van der Waals surface area contributed by atoms with Gasteiger partial charge in [-0.25, -0.2) is 0 Å².